The molecule has 1 fully saturated rings. The van der Waals surface area contributed by atoms with Gasteiger partial charge in [-0.1, -0.05) is 26.2 Å². The molecule has 0 bridgehead atoms. The maximum atomic E-state index is 11.5. The molecule has 0 aromatic heterocycles. The monoisotopic (exact) mass is 303 g/mol. The Morgan fingerprint density at radius 2 is 1.91 bits per heavy atom. The van der Waals surface area contributed by atoms with Gasteiger partial charge in [0.1, 0.15) is 0 Å². The third-order valence-corrected chi connectivity index (χ3v) is 4.11. The standard InChI is InChI=1S/C18H29N3O/c1-3-4-11-19-16-9-10-17(20-15(2)22)18(14-16)21-12-7-5-6-8-13-21/h9-10,14,19H,3-8,11-13H2,1-2H3,(H,20,22). The average Bonchev–Trinajstić information content (AvgIpc) is 2.77. The minimum absolute atomic E-state index is 0.0113. The van der Waals surface area contributed by atoms with E-state index >= 15 is 0 Å². The van der Waals surface area contributed by atoms with Crippen LogP contribution in [0.25, 0.3) is 0 Å². The molecule has 1 aromatic rings. The molecule has 1 aliphatic rings. The molecule has 0 spiro atoms. The Kier molecular flexibility index (Phi) is 6.56. The zero-order chi connectivity index (χ0) is 15.8. The van der Waals surface area contributed by atoms with E-state index in [1.54, 1.807) is 6.92 Å². The molecule has 0 saturated carbocycles. The SMILES string of the molecule is CCCCNc1ccc(NC(C)=O)c(N2CCCCCC2)c1. The van der Waals surface area contributed by atoms with Gasteiger partial charge in [0.2, 0.25) is 5.91 Å². The van der Waals surface area contributed by atoms with Crippen LogP contribution in [0.1, 0.15) is 52.4 Å². The maximum Gasteiger partial charge on any atom is 0.221 e. The van der Waals surface area contributed by atoms with Crippen molar-refractivity contribution < 1.29 is 4.79 Å². The predicted molar refractivity (Wildman–Crippen MR) is 94.8 cm³/mol. The fraction of sp³-hybridized carbons (Fsp3) is 0.611. The number of hydrogen-bond donors (Lipinski definition) is 2. The second kappa shape index (κ2) is 8.66. The van der Waals surface area contributed by atoms with Crippen LogP contribution >= 0.6 is 0 Å². The smallest absolute Gasteiger partial charge is 0.221 e. The van der Waals surface area contributed by atoms with Crippen molar-refractivity contribution in [2.24, 2.45) is 0 Å². The summed E-state index contributed by atoms with van der Waals surface area (Å²) in [4.78, 5) is 13.9. The number of nitrogens with zero attached hydrogens (tertiary/aromatic N) is 1. The molecule has 0 aliphatic carbocycles. The van der Waals surface area contributed by atoms with E-state index in [0.717, 1.165) is 36.7 Å². The molecule has 1 heterocycles. The lowest BCUT2D eigenvalue weighted by molar-refractivity contribution is -0.114. The molecular weight excluding hydrogens is 274 g/mol. The van der Waals surface area contributed by atoms with Crippen LogP contribution < -0.4 is 15.5 Å². The average molecular weight is 303 g/mol. The quantitative estimate of drug-likeness (QED) is 0.773. The van der Waals surface area contributed by atoms with Crippen molar-refractivity contribution in [1.82, 2.24) is 0 Å². The molecule has 4 heteroatoms. The summed E-state index contributed by atoms with van der Waals surface area (Å²) in [5.41, 5.74) is 3.22. The number of anilines is 3. The van der Waals surface area contributed by atoms with Crippen molar-refractivity contribution >= 4 is 23.0 Å². The first kappa shape index (κ1) is 16.7. The molecule has 2 N–H and O–H groups in total. The number of hydrogen-bond acceptors (Lipinski definition) is 3. The van der Waals surface area contributed by atoms with Gasteiger partial charge in [-0.25, -0.2) is 0 Å². The first-order valence-corrected chi connectivity index (χ1v) is 8.61. The molecule has 0 radical (unpaired) electrons. The van der Waals surface area contributed by atoms with Crippen LogP contribution in [-0.4, -0.2) is 25.5 Å². The van der Waals surface area contributed by atoms with E-state index in [2.05, 4.69) is 34.6 Å². The van der Waals surface area contributed by atoms with Crippen LogP contribution in [0, 0.1) is 0 Å². The Hall–Kier alpha value is -1.71. The van der Waals surface area contributed by atoms with E-state index in [0.29, 0.717) is 0 Å². The fourth-order valence-corrected chi connectivity index (χ4v) is 2.92. The lowest BCUT2D eigenvalue weighted by Gasteiger charge is -2.26. The van der Waals surface area contributed by atoms with Crippen LogP contribution in [-0.2, 0) is 4.79 Å². The number of benzene rings is 1. The zero-order valence-corrected chi connectivity index (χ0v) is 14.0. The number of amides is 1. The lowest BCUT2D eigenvalue weighted by atomic mass is 10.2. The van der Waals surface area contributed by atoms with Crippen LogP contribution in [0.5, 0.6) is 0 Å². The topological polar surface area (TPSA) is 44.4 Å². The summed E-state index contributed by atoms with van der Waals surface area (Å²) in [6.07, 6.45) is 7.43. The Morgan fingerprint density at radius 1 is 1.18 bits per heavy atom. The molecule has 22 heavy (non-hydrogen) atoms. The lowest BCUT2D eigenvalue weighted by Crippen LogP contribution is -2.25. The molecule has 0 atom stereocenters. The molecule has 122 valence electrons. The Morgan fingerprint density at radius 3 is 2.55 bits per heavy atom. The summed E-state index contributed by atoms with van der Waals surface area (Å²) in [6.45, 7) is 6.91. The van der Waals surface area contributed by atoms with Crippen molar-refractivity contribution in [2.45, 2.75) is 52.4 Å². The van der Waals surface area contributed by atoms with Gasteiger partial charge in [0.15, 0.2) is 0 Å². The highest BCUT2D eigenvalue weighted by Crippen LogP contribution is 2.31. The highest BCUT2D eigenvalue weighted by Gasteiger charge is 2.15. The molecule has 0 unspecified atom stereocenters. The van der Waals surface area contributed by atoms with E-state index < -0.39 is 0 Å². The van der Waals surface area contributed by atoms with Gasteiger partial charge in [-0.05, 0) is 37.5 Å². The number of carbonyl (C=O) groups excluding carboxylic acids is 1. The largest absolute Gasteiger partial charge is 0.385 e. The van der Waals surface area contributed by atoms with Crippen molar-refractivity contribution in [2.75, 3.05) is 35.2 Å². The summed E-state index contributed by atoms with van der Waals surface area (Å²) >= 11 is 0. The summed E-state index contributed by atoms with van der Waals surface area (Å²) in [5, 5.41) is 6.46. The zero-order valence-electron chi connectivity index (χ0n) is 14.0. The summed E-state index contributed by atoms with van der Waals surface area (Å²) < 4.78 is 0. The van der Waals surface area contributed by atoms with Gasteiger partial charge in [-0.2, -0.15) is 0 Å². The highest BCUT2D eigenvalue weighted by molar-refractivity contribution is 5.93. The third kappa shape index (κ3) is 4.93. The van der Waals surface area contributed by atoms with E-state index in [1.165, 1.54) is 38.5 Å². The van der Waals surface area contributed by atoms with E-state index in [4.69, 9.17) is 0 Å². The van der Waals surface area contributed by atoms with E-state index in [1.807, 2.05) is 6.07 Å². The number of carbonyl (C=O) groups is 1. The second-order valence-electron chi connectivity index (χ2n) is 6.09. The fourth-order valence-electron chi connectivity index (χ4n) is 2.92. The van der Waals surface area contributed by atoms with Gasteiger partial charge < -0.3 is 15.5 Å². The normalized spacial score (nSPS) is 15.3. The van der Waals surface area contributed by atoms with Gasteiger partial charge in [-0.15, -0.1) is 0 Å². The summed E-state index contributed by atoms with van der Waals surface area (Å²) in [7, 11) is 0. The van der Waals surface area contributed by atoms with Gasteiger partial charge in [-0.3, -0.25) is 4.79 Å². The molecule has 2 rings (SSSR count). The first-order valence-electron chi connectivity index (χ1n) is 8.61. The Balaban J connectivity index is 2.19. The predicted octanol–water partition coefficient (Wildman–Crippen LogP) is 4.24. The Bertz CT molecular complexity index is 479. The highest BCUT2D eigenvalue weighted by atomic mass is 16.1. The summed E-state index contributed by atoms with van der Waals surface area (Å²) in [5.74, 6) is -0.0113. The van der Waals surface area contributed by atoms with Crippen molar-refractivity contribution in [3.8, 4) is 0 Å². The van der Waals surface area contributed by atoms with Gasteiger partial charge in [0.05, 0.1) is 11.4 Å². The van der Waals surface area contributed by atoms with Crippen LogP contribution in [0.2, 0.25) is 0 Å². The number of unbranched alkanes of at least 4 members (excludes halogenated alkanes) is 1. The molecular formula is C18H29N3O. The Labute approximate surface area is 134 Å². The molecule has 4 nitrogen and oxygen atoms in total. The first-order chi connectivity index (χ1) is 10.7. The number of nitrogens with one attached hydrogen (secondary N) is 2. The van der Waals surface area contributed by atoms with E-state index in [-0.39, 0.29) is 5.91 Å². The number of rotatable bonds is 6. The van der Waals surface area contributed by atoms with Crippen LogP contribution in [0.3, 0.4) is 0 Å². The second-order valence-corrected chi connectivity index (χ2v) is 6.09. The van der Waals surface area contributed by atoms with Crippen molar-refractivity contribution in [3.05, 3.63) is 18.2 Å². The molecule has 1 aromatic carbocycles. The minimum Gasteiger partial charge on any atom is -0.385 e. The van der Waals surface area contributed by atoms with Crippen LogP contribution in [0.15, 0.2) is 18.2 Å². The van der Waals surface area contributed by atoms with Crippen molar-refractivity contribution in [1.29, 1.82) is 0 Å². The van der Waals surface area contributed by atoms with E-state index in [9.17, 15) is 4.79 Å². The summed E-state index contributed by atoms with van der Waals surface area (Å²) in [6, 6.07) is 6.27. The maximum absolute atomic E-state index is 11.5. The third-order valence-electron chi connectivity index (χ3n) is 4.11. The molecule has 1 aliphatic heterocycles. The molecule has 1 saturated heterocycles. The van der Waals surface area contributed by atoms with Gasteiger partial charge in [0, 0.05) is 32.2 Å². The minimum atomic E-state index is -0.0113. The van der Waals surface area contributed by atoms with Crippen LogP contribution in [0.4, 0.5) is 17.1 Å². The molecule has 1 amide bonds. The van der Waals surface area contributed by atoms with Gasteiger partial charge in [0.25, 0.3) is 0 Å². The van der Waals surface area contributed by atoms with Crippen molar-refractivity contribution in [3.63, 3.8) is 0 Å². The van der Waals surface area contributed by atoms with Gasteiger partial charge >= 0.3 is 0 Å².